The van der Waals surface area contributed by atoms with Gasteiger partial charge in [-0.2, -0.15) is 0 Å². The number of benzene rings is 1. The number of rotatable bonds is 6. The first-order valence-electron chi connectivity index (χ1n) is 8.66. The number of nitrogens with zero attached hydrogens (tertiary/aromatic N) is 4. The average Bonchev–Trinajstić information content (AvgIpc) is 3.13. The molecule has 0 aliphatic rings. The second-order valence-electron chi connectivity index (χ2n) is 6.13. The maximum absolute atomic E-state index is 5.39. The molecule has 0 aliphatic heterocycles. The number of aromatic nitrogens is 4. The van der Waals surface area contributed by atoms with Crippen molar-refractivity contribution in [1.29, 1.82) is 0 Å². The smallest absolute Gasteiger partial charge is 0.183 e. The molecule has 0 amide bonds. The first-order chi connectivity index (χ1) is 13.7. The van der Waals surface area contributed by atoms with Crippen molar-refractivity contribution in [1.82, 2.24) is 19.9 Å². The van der Waals surface area contributed by atoms with Gasteiger partial charge in [-0.1, -0.05) is 6.07 Å². The summed E-state index contributed by atoms with van der Waals surface area (Å²) in [5.41, 5.74) is 2.84. The molecule has 0 saturated carbocycles. The Bertz CT molecular complexity index is 1110. The number of hydrogen-bond donors (Lipinski definition) is 1. The molecule has 1 aromatic carbocycles. The van der Waals surface area contributed by atoms with Gasteiger partial charge in [0.15, 0.2) is 17.3 Å². The molecule has 0 unspecified atom stereocenters. The van der Waals surface area contributed by atoms with Gasteiger partial charge in [0.05, 0.1) is 25.8 Å². The second-order valence-corrected chi connectivity index (χ2v) is 6.99. The summed E-state index contributed by atoms with van der Waals surface area (Å²) in [6.45, 7) is 2.65. The van der Waals surface area contributed by atoms with Gasteiger partial charge in [0.2, 0.25) is 0 Å². The Hall–Kier alpha value is -3.26. The highest BCUT2D eigenvalue weighted by atomic mass is 32.1. The SMILES string of the molecule is COc1ccc(CNc2nc(-c3cnccn3)nc3scc(C)c23)cc1OC. The summed E-state index contributed by atoms with van der Waals surface area (Å²) < 4.78 is 10.7. The summed E-state index contributed by atoms with van der Waals surface area (Å²) >= 11 is 1.59. The summed E-state index contributed by atoms with van der Waals surface area (Å²) in [6.07, 6.45) is 4.94. The highest BCUT2D eigenvalue weighted by Gasteiger charge is 2.14. The number of ether oxygens (including phenoxy) is 2. The van der Waals surface area contributed by atoms with E-state index in [2.05, 4.69) is 32.6 Å². The van der Waals surface area contributed by atoms with Gasteiger partial charge in [-0.25, -0.2) is 15.0 Å². The zero-order valence-corrected chi connectivity index (χ0v) is 16.6. The third kappa shape index (κ3) is 3.46. The maximum Gasteiger partial charge on any atom is 0.183 e. The van der Waals surface area contributed by atoms with Crippen molar-refractivity contribution in [2.75, 3.05) is 19.5 Å². The van der Waals surface area contributed by atoms with Gasteiger partial charge in [0.1, 0.15) is 16.3 Å². The highest BCUT2D eigenvalue weighted by molar-refractivity contribution is 7.17. The number of nitrogens with one attached hydrogen (secondary N) is 1. The molecule has 3 aromatic heterocycles. The van der Waals surface area contributed by atoms with E-state index < -0.39 is 0 Å². The zero-order valence-electron chi connectivity index (χ0n) is 15.8. The molecule has 142 valence electrons. The van der Waals surface area contributed by atoms with Crippen molar-refractivity contribution in [3.8, 4) is 23.0 Å². The Morgan fingerprint density at radius 2 is 1.93 bits per heavy atom. The first-order valence-corrected chi connectivity index (χ1v) is 9.54. The zero-order chi connectivity index (χ0) is 19.5. The molecule has 0 bridgehead atoms. The van der Waals surface area contributed by atoms with Crippen LogP contribution in [0.4, 0.5) is 5.82 Å². The van der Waals surface area contributed by atoms with Crippen LogP contribution in [0, 0.1) is 6.92 Å². The van der Waals surface area contributed by atoms with Crippen LogP contribution in [-0.4, -0.2) is 34.2 Å². The van der Waals surface area contributed by atoms with Crippen molar-refractivity contribution in [3.63, 3.8) is 0 Å². The minimum absolute atomic E-state index is 0.553. The Labute approximate surface area is 166 Å². The van der Waals surface area contributed by atoms with E-state index in [9.17, 15) is 0 Å². The van der Waals surface area contributed by atoms with Gasteiger partial charge in [0, 0.05) is 18.9 Å². The molecule has 0 fully saturated rings. The monoisotopic (exact) mass is 393 g/mol. The topological polar surface area (TPSA) is 82.0 Å². The number of fused-ring (bicyclic) bond motifs is 1. The predicted octanol–water partition coefficient (Wildman–Crippen LogP) is 4.09. The van der Waals surface area contributed by atoms with Gasteiger partial charge in [-0.15, -0.1) is 11.3 Å². The standard InChI is InChI=1S/C20H19N5O2S/c1-12-11-28-20-17(12)19(24-18(25-20)14-10-21-6-7-22-14)23-9-13-4-5-15(26-2)16(8-13)27-3/h4-8,10-11H,9H2,1-3H3,(H,23,24,25). The lowest BCUT2D eigenvalue weighted by Crippen LogP contribution is -2.05. The first kappa shape index (κ1) is 18.1. The van der Waals surface area contributed by atoms with E-state index in [1.807, 2.05) is 18.2 Å². The molecule has 0 atom stereocenters. The molecule has 28 heavy (non-hydrogen) atoms. The fraction of sp³-hybridized carbons (Fsp3) is 0.200. The number of methoxy groups -OCH3 is 2. The predicted molar refractivity (Wildman–Crippen MR) is 110 cm³/mol. The molecule has 8 heteroatoms. The molecule has 4 rings (SSSR count). The summed E-state index contributed by atoms with van der Waals surface area (Å²) in [5.74, 6) is 2.73. The average molecular weight is 393 g/mol. The molecular weight excluding hydrogens is 374 g/mol. The van der Waals surface area contributed by atoms with Crippen LogP contribution in [0.25, 0.3) is 21.7 Å². The van der Waals surface area contributed by atoms with E-state index in [0.717, 1.165) is 27.2 Å². The lowest BCUT2D eigenvalue weighted by molar-refractivity contribution is 0.354. The van der Waals surface area contributed by atoms with E-state index in [0.29, 0.717) is 29.6 Å². The minimum Gasteiger partial charge on any atom is -0.493 e. The molecule has 0 aliphatic carbocycles. The van der Waals surface area contributed by atoms with E-state index in [4.69, 9.17) is 14.5 Å². The third-order valence-electron chi connectivity index (χ3n) is 4.32. The lowest BCUT2D eigenvalue weighted by Gasteiger charge is -2.12. The molecule has 0 saturated heterocycles. The second kappa shape index (κ2) is 7.77. The number of aryl methyl sites for hydroxylation is 1. The van der Waals surface area contributed by atoms with Crippen LogP contribution in [0.2, 0.25) is 0 Å². The van der Waals surface area contributed by atoms with Crippen molar-refractivity contribution >= 4 is 27.4 Å². The van der Waals surface area contributed by atoms with Crippen LogP contribution in [0.3, 0.4) is 0 Å². The Balaban J connectivity index is 1.69. The molecule has 4 aromatic rings. The number of anilines is 1. The fourth-order valence-corrected chi connectivity index (χ4v) is 3.84. The highest BCUT2D eigenvalue weighted by Crippen LogP contribution is 2.32. The van der Waals surface area contributed by atoms with Crippen LogP contribution in [0.5, 0.6) is 11.5 Å². The third-order valence-corrected chi connectivity index (χ3v) is 5.31. The van der Waals surface area contributed by atoms with Crippen molar-refractivity contribution < 1.29 is 9.47 Å². The van der Waals surface area contributed by atoms with Gasteiger partial charge in [0.25, 0.3) is 0 Å². The van der Waals surface area contributed by atoms with Gasteiger partial charge in [-0.05, 0) is 35.6 Å². The minimum atomic E-state index is 0.553. The van der Waals surface area contributed by atoms with Gasteiger partial charge >= 0.3 is 0 Å². The quantitative estimate of drug-likeness (QED) is 0.528. The number of thiophene rings is 1. The summed E-state index contributed by atoms with van der Waals surface area (Å²) in [4.78, 5) is 18.7. The Morgan fingerprint density at radius 1 is 1.07 bits per heavy atom. The molecule has 0 radical (unpaired) electrons. The molecule has 3 heterocycles. The molecule has 7 nitrogen and oxygen atoms in total. The lowest BCUT2D eigenvalue weighted by atomic mass is 10.2. The van der Waals surface area contributed by atoms with Gasteiger partial charge < -0.3 is 14.8 Å². The largest absolute Gasteiger partial charge is 0.493 e. The van der Waals surface area contributed by atoms with E-state index in [-0.39, 0.29) is 0 Å². The molecule has 1 N–H and O–H groups in total. The van der Waals surface area contributed by atoms with Crippen LogP contribution < -0.4 is 14.8 Å². The van der Waals surface area contributed by atoms with Crippen LogP contribution in [-0.2, 0) is 6.54 Å². The van der Waals surface area contributed by atoms with Crippen molar-refractivity contribution in [2.45, 2.75) is 13.5 Å². The summed E-state index contributed by atoms with van der Waals surface area (Å²) in [5, 5.41) is 6.55. The van der Waals surface area contributed by atoms with E-state index in [1.54, 1.807) is 44.1 Å². The maximum atomic E-state index is 5.39. The molecule has 0 spiro atoms. The van der Waals surface area contributed by atoms with Crippen LogP contribution in [0.15, 0.2) is 42.2 Å². The van der Waals surface area contributed by atoms with Gasteiger partial charge in [-0.3, -0.25) is 4.98 Å². The van der Waals surface area contributed by atoms with Crippen molar-refractivity contribution in [2.24, 2.45) is 0 Å². The Kier molecular flexibility index (Phi) is 5.03. The molecular formula is C20H19N5O2S. The Morgan fingerprint density at radius 3 is 2.68 bits per heavy atom. The fourth-order valence-electron chi connectivity index (χ4n) is 2.92. The van der Waals surface area contributed by atoms with E-state index in [1.165, 1.54) is 0 Å². The summed E-state index contributed by atoms with van der Waals surface area (Å²) in [6, 6.07) is 5.84. The number of hydrogen-bond acceptors (Lipinski definition) is 8. The summed E-state index contributed by atoms with van der Waals surface area (Å²) in [7, 11) is 3.26. The van der Waals surface area contributed by atoms with E-state index >= 15 is 0 Å². The van der Waals surface area contributed by atoms with Crippen LogP contribution >= 0.6 is 11.3 Å². The van der Waals surface area contributed by atoms with Crippen molar-refractivity contribution in [3.05, 3.63) is 53.3 Å². The van der Waals surface area contributed by atoms with Crippen LogP contribution in [0.1, 0.15) is 11.1 Å². The normalized spacial score (nSPS) is 10.8.